The van der Waals surface area contributed by atoms with Crippen LogP contribution in [0.4, 0.5) is 0 Å². The summed E-state index contributed by atoms with van der Waals surface area (Å²) in [6, 6.07) is 0. The Labute approximate surface area is 143 Å². The van der Waals surface area contributed by atoms with Gasteiger partial charge >= 0.3 is 11.9 Å². The lowest BCUT2D eigenvalue weighted by Gasteiger charge is -2.56. The van der Waals surface area contributed by atoms with Crippen molar-refractivity contribution in [3.05, 3.63) is 23.3 Å². The van der Waals surface area contributed by atoms with Crippen LogP contribution in [0.25, 0.3) is 0 Å². The summed E-state index contributed by atoms with van der Waals surface area (Å²) in [5.41, 5.74) is 1.81. The fraction of sp³-hybridized carbons (Fsp3) is 0.700. The summed E-state index contributed by atoms with van der Waals surface area (Å²) in [4.78, 5) is 24.0. The molecule has 130 valence electrons. The van der Waals surface area contributed by atoms with Gasteiger partial charge in [-0.3, -0.25) is 0 Å². The molecule has 2 heterocycles. The molecule has 2 aliphatic heterocycles. The van der Waals surface area contributed by atoms with Gasteiger partial charge in [0, 0.05) is 16.6 Å². The van der Waals surface area contributed by atoms with Gasteiger partial charge in [0.05, 0.1) is 0 Å². The molecule has 0 amide bonds. The minimum absolute atomic E-state index is 0.0822. The predicted octanol–water partition coefficient (Wildman–Crippen LogP) is 3.57. The van der Waals surface area contributed by atoms with Crippen molar-refractivity contribution >= 4 is 11.9 Å². The van der Waals surface area contributed by atoms with Gasteiger partial charge in [-0.2, -0.15) is 0 Å². The number of hydrogen-bond donors (Lipinski definition) is 0. The summed E-state index contributed by atoms with van der Waals surface area (Å²) in [6.45, 7) is 5.68. The first-order chi connectivity index (χ1) is 11.5. The Bertz CT molecular complexity index is 646. The zero-order valence-electron chi connectivity index (χ0n) is 14.6. The smallest absolute Gasteiger partial charge is 0.334 e. The quantitative estimate of drug-likeness (QED) is 0.742. The highest BCUT2D eigenvalue weighted by Gasteiger charge is 2.60. The molecular formula is C20H26O4. The van der Waals surface area contributed by atoms with Crippen molar-refractivity contribution in [1.82, 2.24) is 0 Å². The van der Waals surface area contributed by atoms with Crippen LogP contribution in [0, 0.1) is 22.7 Å². The van der Waals surface area contributed by atoms with E-state index in [2.05, 4.69) is 19.9 Å². The summed E-state index contributed by atoms with van der Waals surface area (Å²) < 4.78 is 10.5. The third-order valence-electron chi connectivity index (χ3n) is 7.37. The van der Waals surface area contributed by atoms with Crippen molar-refractivity contribution < 1.29 is 19.1 Å². The molecule has 1 saturated carbocycles. The molecule has 0 radical (unpaired) electrons. The van der Waals surface area contributed by atoms with Gasteiger partial charge in [0.25, 0.3) is 0 Å². The molecule has 0 aromatic rings. The van der Waals surface area contributed by atoms with E-state index >= 15 is 0 Å². The lowest BCUT2D eigenvalue weighted by Crippen LogP contribution is -2.51. The van der Waals surface area contributed by atoms with E-state index in [-0.39, 0.29) is 22.8 Å². The highest BCUT2D eigenvalue weighted by molar-refractivity contribution is 5.92. The van der Waals surface area contributed by atoms with E-state index in [1.807, 2.05) is 6.08 Å². The second kappa shape index (κ2) is 5.47. The van der Waals surface area contributed by atoms with Gasteiger partial charge < -0.3 is 9.47 Å². The minimum atomic E-state index is -0.152. The van der Waals surface area contributed by atoms with Crippen molar-refractivity contribution in [2.24, 2.45) is 22.7 Å². The van der Waals surface area contributed by atoms with Crippen molar-refractivity contribution in [2.45, 2.75) is 52.4 Å². The van der Waals surface area contributed by atoms with Crippen LogP contribution in [-0.2, 0) is 19.1 Å². The molecule has 24 heavy (non-hydrogen) atoms. The fourth-order valence-electron chi connectivity index (χ4n) is 5.71. The first-order valence-electron chi connectivity index (χ1n) is 9.21. The Morgan fingerprint density at radius 1 is 1.17 bits per heavy atom. The molecule has 4 unspecified atom stereocenters. The Hall–Kier alpha value is -1.58. The SMILES string of the molecule is CC1CCC23COC(=O)C2=CCCC3C1(C)CCC1=CCOC1=O. The molecule has 0 aromatic carbocycles. The van der Waals surface area contributed by atoms with Crippen molar-refractivity contribution in [1.29, 1.82) is 0 Å². The van der Waals surface area contributed by atoms with Gasteiger partial charge in [-0.1, -0.05) is 19.9 Å². The summed E-state index contributed by atoms with van der Waals surface area (Å²) in [5, 5.41) is 0. The number of cyclic esters (lactones) is 2. The first kappa shape index (κ1) is 15.9. The number of carbonyl (C=O) groups excluding carboxylic acids is 2. The van der Waals surface area contributed by atoms with Crippen molar-refractivity contribution in [2.75, 3.05) is 13.2 Å². The van der Waals surface area contributed by atoms with Gasteiger partial charge in [-0.05, 0) is 61.9 Å². The van der Waals surface area contributed by atoms with E-state index in [1.165, 1.54) is 0 Å². The Balaban J connectivity index is 1.63. The number of ether oxygens (including phenoxy) is 2. The van der Waals surface area contributed by atoms with E-state index in [4.69, 9.17) is 9.47 Å². The van der Waals surface area contributed by atoms with Crippen LogP contribution in [0.3, 0.4) is 0 Å². The van der Waals surface area contributed by atoms with Gasteiger partial charge in [0.1, 0.15) is 13.2 Å². The maximum atomic E-state index is 12.2. The second-order valence-electron chi connectivity index (χ2n) is 8.25. The van der Waals surface area contributed by atoms with Crippen LogP contribution in [0.15, 0.2) is 23.3 Å². The zero-order valence-corrected chi connectivity index (χ0v) is 14.6. The van der Waals surface area contributed by atoms with Crippen molar-refractivity contribution in [3.8, 4) is 0 Å². The molecule has 4 nitrogen and oxygen atoms in total. The number of rotatable bonds is 3. The van der Waals surface area contributed by atoms with Crippen LogP contribution in [0.5, 0.6) is 0 Å². The molecule has 1 saturated heterocycles. The molecule has 4 aliphatic rings. The summed E-state index contributed by atoms with van der Waals surface area (Å²) >= 11 is 0. The third kappa shape index (κ3) is 2.11. The van der Waals surface area contributed by atoms with E-state index in [1.54, 1.807) is 0 Å². The standard InChI is InChI=1S/C20H26O4/c1-13-6-10-20-12-24-18(22)15(20)4-3-5-16(20)19(13,2)9-7-14-8-11-23-17(14)21/h4,8,13,16H,3,5-7,9-12H2,1-2H3. The van der Waals surface area contributed by atoms with Crippen LogP contribution >= 0.6 is 0 Å². The average Bonchev–Trinajstić information content (AvgIpc) is 3.13. The van der Waals surface area contributed by atoms with Gasteiger partial charge in [-0.25, -0.2) is 9.59 Å². The molecule has 0 N–H and O–H groups in total. The van der Waals surface area contributed by atoms with E-state index in [9.17, 15) is 9.59 Å². The van der Waals surface area contributed by atoms with Gasteiger partial charge in [0.2, 0.25) is 0 Å². The topological polar surface area (TPSA) is 52.6 Å². The molecule has 4 atom stereocenters. The normalized spacial score (nSPS) is 41.1. The fourth-order valence-corrected chi connectivity index (χ4v) is 5.71. The lowest BCUT2D eigenvalue weighted by molar-refractivity contribution is -0.137. The first-order valence-corrected chi connectivity index (χ1v) is 9.21. The number of hydrogen-bond acceptors (Lipinski definition) is 4. The summed E-state index contributed by atoms with van der Waals surface area (Å²) in [6.07, 6.45) is 10.0. The Morgan fingerprint density at radius 2 is 2.00 bits per heavy atom. The van der Waals surface area contributed by atoms with E-state index in [0.29, 0.717) is 25.0 Å². The molecule has 2 fully saturated rings. The van der Waals surface area contributed by atoms with Crippen LogP contribution in [0.2, 0.25) is 0 Å². The molecule has 2 aliphatic carbocycles. The highest BCUT2D eigenvalue weighted by Crippen LogP contribution is 2.63. The van der Waals surface area contributed by atoms with E-state index in [0.717, 1.165) is 49.7 Å². The minimum Gasteiger partial charge on any atom is -0.461 e. The maximum Gasteiger partial charge on any atom is 0.334 e. The molecule has 4 rings (SSSR count). The molecule has 4 heteroatoms. The monoisotopic (exact) mass is 330 g/mol. The highest BCUT2D eigenvalue weighted by atomic mass is 16.5. The summed E-state index contributed by atoms with van der Waals surface area (Å²) in [5.74, 6) is 0.790. The van der Waals surface area contributed by atoms with Crippen LogP contribution in [-0.4, -0.2) is 25.2 Å². The number of carbonyl (C=O) groups is 2. The molecular weight excluding hydrogens is 304 g/mol. The van der Waals surface area contributed by atoms with Gasteiger partial charge in [-0.15, -0.1) is 0 Å². The lowest BCUT2D eigenvalue weighted by atomic mass is 9.47. The molecule has 1 spiro atoms. The predicted molar refractivity (Wildman–Crippen MR) is 89.0 cm³/mol. The average molecular weight is 330 g/mol. The largest absolute Gasteiger partial charge is 0.461 e. The third-order valence-corrected chi connectivity index (χ3v) is 7.37. The Morgan fingerprint density at radius 3 is 2.75 bits per heavy atom. The number of allylic oxidation sites excluding steroid dienone is 1. The van der Waals surface area contributed by atoms with Crippen LogP contribution < -0.4 is 0 Å². The zero-order chi connectivity index (χ0) is 16.9. The number of esters is 2. The maximum absolute atomic E-state index is 12.2. The van der Waals surface area contributed by atoms with Crippen molar-refractivity contribution in [3.63, 3.8) is 0 Å². The van der Waals surface area contributed by atoms with Crippen LogP contribution in [0.1, 0.15) is 52.4 Å². The van der Waals surface area contributed by atoms with E-state index < -0.39 is 0 Å². The molecule has 0 aromatic heterocycles. The Kier molecular flexibility index (Phi) is 3.63. The second-order valence-corrected chi connectivity index (χ2v) is 8.25. The van der Waals surface area contributed by atoms with Gasteiger partial charge in [0.15, 0.2) is 0 Å². The summed E-state index contributed by atoms with van der Waals surface area (Å²) in [7, 11) is 0. The molecule has 0 bridgehead atoms.